The Kier molecular flexibility index (Phi) is 2.45. The summed E-state index contributed by atoms with van der Waals surface area (Å²) in [6, 6.07) is 1.92. The largest absolute Gasteiger partial charge is 0.346 e. The first-order valence-corrected chi connectivity index (χ1v) is 6.41. The minimum Gasteiger partial charge on any atom is -0.346 e. The Morgan fingerprint density at radius 3 is 2.61 bits per heavy atom. The summed E-state index contributed by atoms with van der Waals surface area (Å²) in [6.45, 7) is 1.89. The molecule has 0 radical (unpaired) electrons. The number of Topliss-reactive ketones (excluding diaryl/α,β-unsaturated/α-hetero) is 1. The van der Waals surface area contributed by atoms with Crippen LogP contribution in [-0.4, -0.2) is 22.8 Å². The zero-order valence-corrected chi connectivity index (χ0v) is 10.2. The third kappa shape index (κ3) is 1.35. The van der Waals surface area contributed by atoms with Crippen LogP contribution in [-0.2, 0) is 4.79 Å². The van der Waals surface area contributed by atoms with Crippen molar-refractivity contribution in [2.75, 3.05) is 4.90 Å². The number of nitrogens with zero attached hydrogens (tertiary/aromatic N) is 1. The van der Waals surface area contributed by atoms with E-state index < -0.39 is 23.3 Å². The molecule has 3 nitrogen and oxygen atoms in total. The summed E-state index contributed by atoms with van der Waals surface area (Å²) in [5.74, 6) is -3.27. The van der Waals surface area contributed by atoms with Crippen molar-refractivity contribution in [1.82, 2.24) is 0 Å². The molecule has 0 amide bonds. The molecule has 94 valence electrons. The van der Waals surface area contributed by atoms with Gasteiger partial charge in [0, 0.05) is 11.6 Å². The summed E-state index contributed by atoms with van der Waals surface area (Å²) in [6.07, 6.45) is 0.586. The van der Waals surface area contributed by atoms with Crippen LogP contribution >= 0.6 is 11.8 Å². The van der Waals surface area contributed by atoms with Gasteiger partial charge in [-0.1, -0.05) is 0 Å². The topological polar surface area (TPSA) is 37.4 Å². The van der Waals surface area contributed by atoms with Crippen LogP contribution in [0.3, 0.4) is 0 Å². The fourth-order valence-electron chi connectivity index (χ4n) is 2.45. The van der Waals surface area contributed by atoms with Gasteiger partial charge < -0.3 is 9.69 Å². The van der Waals surface area contributed by atoms with E-state index in [9.17, 15) is 18.4 Å². The number of anilines is 1. The van der Waals surface area contributed by atoms with Crippen molar-refractivity contribution >= 4 is 29.5 Å². The molecular weight excluding hydrogens is 260 g/mol. The number of rotatable bonds is 1. The number of hydrogen-bond donors (Lipinski definition) is 0. The molecule has 3 unspecified atom stereocenters. The van der Waals surface area contributed by atoms with Crippen LogP contribution in [0, 0.1) is 17.6 Å². The van der Waals surface area contributed by atoms with Crippen molar-refractivity contribution in [1.29, 1.82) is 0 Å². The van der Waals surface area contributed by atoms with Gasteiger partial charge in [0.2, 0.25) is 0 Å². The third-order valence-electron chi connectivity index (χ3n) is 3.34. The number of aldehydes is 1. The highest BCUT2D eigenvalue weighted by molar-refractivity contribution is 8.02. The van der Waals surface area contributed by atoms with E-state index in [1.807, 2.05) is 6.92 Å². The van der Waals surface area contributed by atoms with Crippen LogP contribution in [0.4, 0.5) is 14.5 Å². The van der Waals surface area contributed by atoms with Crippen LogP contribution in [0.1, 0.15) is 17.3 Å². The minimum atomic E-state index is -1.06. The summed E-state index contributed by atoms with van der Waals surface area (Å²) in [4.78, 5) is 24.8. The average Bonchev–Trinajstić information content (AvgIpc) is 2.31. The Morgan fingerprint density at radius 1 is 1.33 bits per heavy atom. The van der Waals surface area contributed by atoms with Gasteiger partial charge in [-0.15, -0.1) is 11.8 Å². The predicted molar refractivity (Wildman–Crippen MR) is 63.6 cm³/mol. The first kappa shape index (κ1) is 11.6. The molecule has 0 aromatic heterocycles. The van der Waals surface area contributed by atoms with E-state index in [4.69, 9.17) is 0 Å². The molecule has 1 aromatic carbocycles. The van der Waals surface area contributed by atoms with E-state index in [2.05, 4.69) is 0 Å². The highest BCUT2D eigenvalue weighted by Gasteiger charge is 2.49. The van der Waals surface area contributed by atoms with Gasteiger partial charge in [-0.05, 0) is 13.0 Å². The molecule has 6 heteroatoms. The number of thioether (sulfide) groups is 1. The van der Waals surface area contributed by atoms with Gasteiger partial charge in [0.05, 0.1) is 16.4 Å². The van der Waals surface area contributed by atoms with E-state index >= 15 is 0 Å². The molecule has 1 aromatic rings. The number of benzene rings is 1. The summed E-state index contributed by atoms with van der Waals surface area (Å²) >= 11 is 1.48. The Labute approximate surface area is 106 Å². The molecule has 2 heterocycles. The zero-order chi connectivity index (χ0) is 13.0. The predicted octanol–water partition coefficient (Wildman–Crippen LogP) is 2.20. The van der Waals surface area contributed by atoms with Crippen molar-refractivity contribution in [2.24, 2.45) is 5.92 Å². The molecule has 0 N–H and O–H groups in total. The van der Waals surface area contributed by atoms with Crippen LogP contribution in [0.5, 0.6) is 0 Å². The van der Waals surface area contributed by atoms with Crippen LogP contribution in [0.25, 0.3) is 0 Å². The van der Waals surface area contributed by atoms with Crippen molar-refractivity contribution in [3.63, 3.8) is 0 Å². The van der Waals surface area contributed by atoms with Crippen molar-refractivity contribution in [3.05, 3.63) is 29.3 Å². The van der Waals surface area contributed by atoms with Gasteiger partial charge in [0.1, 0.15) is 12.2 Å². The van der Waals surface area contributed by atoms with E-state index in [-0.39, 0.29) is 16.3 Å². The lowest BCUT2D eigenvalue weighted by Gasteiger charge is -2.52. The number of ketones is 1. The monoisotopic (exact) mass is 269 g/mol. The lowest BCUT2D eigenvalue weighted by molar-refractivity contribution is -0.110. The maximum Gasteiger partial charge on any atom is 0.178 e. The molecule has 3 atom stereocenters. The van der Waals surface area contributed by atoms with Gasteiger partial charge in [0.15, 0.2) is 17.4 Å². The van der Waals surface area contributed by atoms with Crippen LogP contribution in [0.2, 0.25) is 0 Å². The fourth-order valence-corrected chi connectivity index (χ4v) is 3.82. The number of carbonyl (C=O) groups is 2. The zero-order valence-electron chi connectivity index (χ0n) is 9.39. The Morgan fingerprint density at radius 2 is 2.00 bits per heavy atom. The lowest BCUT2D eigenvalue weighted by Crippen LogP contribution is -2.58. The standard InChI is InChI=1S/C12H9F2NO2S/c1-5-15-10-3-9(14)8(13)2-6(10)11(17)7(4-16)12(15)18-5/h2-5,7,12H,1H3. The molecule has 0 bridgehead atoms. The van der Waals surface area contributed by atoms with E-state index in [1.54, 1.807) is 4.90 Å². The molecule has 0 aliphatic carbocycles. The van der Waals surface area contributed by atoms with Gasteiger partial charge in [-0.25, -0.2) is 8.78 Å². The number of carbonyl (C=O) groups excluding carboxylic acids is 2. The quantitative estimate of drug-likeness (QED) is 0.578. The Bertz CT molecular complexity index is 563. The highest BCUT2D eigenvalue weighted by atomic mass is 32.2. The second-order valence-electron chi connectivity index (χ2n) is 4.34. The van der Waals surface area contributed by atoms with Gasteiger partial charge in [-0.3, -0.25) is 4.79 Å². The summed E-state index contributed by atoms with van der Waals surface area (Å²) in [5, 5.41) is -0.239. The van der Waals surface area contributed by atoms with Gasteiger partial charge >= 0.3 is 0 Å². The molecule has 0 spiro atoms. The molecule has 18 heavy (non-hydrogen) atoms. The smallest absolute Gasteiger partial charge is 0.178 e. The summed E-state index contributed by atoms with van der Waals surface area (Å²) in [7, 11) is 0. The lowest BCUT2D eigenvalue weighted by atomic mass is 9.91. The molecular formula is C12H9F2NO2S. The van der Waals surface area contributed by atoms with Gasteiger partial charge in [0.25, 0.3) is 0 Å². The average molecular weight is 269 g/mol. The maximum absolute atomic E-state index is 13.3. The molecule has 1 saturated heterocycles. The highest BCUT2D eigenvalue weighted by Crippen LogP contribution is 2.49. The SMILES string of the molecule is CC1SC2C(C=O)C(=O)c3cc(F)c(F)cc3N12. The maximum atomic E-state index is 13.3. The van der Waals surface area contributed by atoms with Gasteiger partial charge in [-0.2, -0.15) is 0 Å². The fraction of sp³-hybridized carbons (Fsp3) is 0.333. The first-order chi connectivity index (χ1) is 8.54. The third-order valence-corrected chi connectivity index (χ3v) is 4.76. The van der Waals surface area contributed by atoms with E-state index in [1.165, 1.54) is 11.8 Å². The number of hydrogen-bond acceptors (Lipinski definition) is 4. The molecule has 1 fully saturated rings. The second-order valence-corrected chi connectivity index (χ2v) is 5.78. The Balaban J connectivity index is 2.19. The van der Waals surface area contributed by atoms with Crippen molar-refractivity contribution in [3.8, 4) is 0 Å². The Hall–Kier alpha value is -1.43. The number of fused-ring (bicyclic) bond motifs is 3. The summed E-state index contributed by atoms with van der Waals surface area (Å²) in [5.41, 5.74) is 0.475. The van der Waals surface area contributed by atoms with Crippen LogP contribution < -0.4 is 4.90 Å². The molecule has 0 saturated carbocycles. The first-order valence-electron chi connectivity index (χ1n) is 5.47. The molecule has 2 aliphatic heterocycles. The van der Waals surface area contributed by atoms with E-state index in [0.29, 0.717) is 12.0 Å². The van der Waals surface area contributed by atoms with Crippen molar-refractivity contribution in [2.45, 2.75) is 17.7 Å². The van der Waals surface area contributed by atoms with Crippen LogP contribution in [0.15, 0.2) is 12.1 Å². The van der Waals surface area contributed by atoms with Crippen molar-refractivity contribution < 1.29 is 18.4 Å². The van der Waals surface area contributed by atoms with E-state index in [0.717, 1.165) is 12.1 Å². The number of halogens is 2. The second kappa shape index (κ2) is 3.78. The molecule has 3 rings (SSSR count). The summed E-state index contributed by atoms with van der Waals surface area (Å²) < 4.78 is 26.5. The molecule has 2 aliphatic rings. The normalized spacial score (nSPS) is 29.4. The minimum absolute atomic E-state index is 0.0501.